The van der Waals surface area contributed by atoms with E-state index < -0.39 is 6.10 Å². The third-order valence-electron chi connectivity index (χ3n) is 2.35. The molecule has 0 amide bonds. The van der Waals surface area contributed by atoms with Gasteiger partial charge in [0.25, 0.3) is 0 Å². The molecule has 0 saturated carbocycles. The second-order valence-corrected chi connectivity index (χ2v) is 3.60. The van der Waals surface area contributed by atoms with Gasteiger partial charge in [-0.25, -0.2) is 4.39 Å². The summed E-state index contributed by atoms with van der Waals surface area (Å²) in [6, 6.07) is 4.94. The normalized spacial score (nSPS) is 12.5. The molecule has 4 heteroatoms. The quantitative estimate of drug-likeness (QED) is 0.770. The molecule has 0 bridgehead atoms. The number of hydrogen-bond donors (Lipinski definition) is 2. The van der Waals surface area contributed by atoms with Crippen LogP contribution >= 0.6 is 0 Å². The zero-order valence-corrected chi connectivity index (χ0v) is 9.66. The van der Waals surface area contributed by atoms with Crippen LogP contribution in [0.2, 0.25) is 0 Å². The lowest BCUT2D eigenvalue weighted by molar-refractivity contribution is 0.171. The van der Waals surface area contributed by atoms with Gasteiger partial charge in [-0.15, -0.1) is 0 Å². The smallest absolute Gasteiger partial charge is 0.168 e. The van der Waals surface area contributed by atoms with Crippen LogP contribution in [0, 0.1) is 5.82 Å². The van der Waals surface area contributed by atoms with Crippen molar-refractivity contribution < 1.29 is 14.2 Å². The highest BCUT2D eigenvalue weighted by molar-refractivity contribution is 5.31. The monoisotopic (exact) mass is 227 g/mol. The van der Waals surface area contributed by atoms with Gasteiger partial charge in [0.1, 0.15) is 0 Å². The number of hydrogen-bond acceptors (Lipinski definition) is 3. The highest BCUT2D eigenvalue weighted by Gasteiger charge is 2.12. The molecule has 3 nitrogen and oxygen atoms in total. The van der Waals surface area contributed by atoms with E-state index in [1.165, 1.54) is 7.11 Å². The van der Waals surface area contributed by atoms with Crippen LogP contribution in [0.4, 0.5) is 4.39 Å². The molecular formula is C12H18FNO2. The number of nitrogens with one attached hydrogen (secondary N) is 1. The van der Waals surface area contributed by atoms with E-state index in [1.54, 1.807) is 18.2 Å². The first kappa shape index (κ1) is 12.9. The first-order valence-electron chi connectivity index (χ1n) is 5.39. The van der Waals surface area contributed by atoms with Gasteiger partial charge < -0.3 is 15.2 Å². The molecule has 0 aliphatic rings. The second kappa shape index (κ2) is 6.45. The summed E-state index contributed by atoms with van der Waals surface area (Å²) < 4.78 is 18.6. The van der Waals surface area contributed by atoms with E-state index in [0.29, 0.717) is 12.1 Å². The molecule has 1 aromatic rings. The molecule has 16 heavy (non-hydrogen) atoms. The molecule has 1 rings (SSSR count). The van der Waals surface area contributed by atoms with Crippen molar-refractivity contribution in [2.24, 2.45) is 0 Å². The number of ether oxygens (including phenoxy) is 1. The van der Waals surface area contributed by atoms with Crippen molar-refractivity contribution in [3.63, 3.8) is 0 Å². The van der Waals surface area contributed by atoms with Crippen molar-refractivity contribution in [1.82, 2.24) is 5.32 Å². The SMILES string of the molecule is CCNCC(O)Cc1cccc(OC)c1F. The summed E-state index contributed by atoms with van der Waals surface area (Å²) in [5.74, 6) is -0.173. The Morgan fingerprint density at radius 3 is 2.88 bits per heavy atom. The summed E-state index contributed by atoms with van der Waals surface area (Å²) in [5, 5.41) is 12.7. The van der Waals surface area contributed by atoms with Crippen molar-refractivity contribution in [3.05, 3.63) is 29.6 Å². The fourth-order valence-corrected chi connectivity index (χ4v) is 1.51. The Labute approximate surface area is 95.2 Å². The summed E-state index contributed by atoms with van der Waals surface area (Å²) in [6.45, 7) is 3.21. The van der Waals surface area contributed by atoms with Crippen molar-refractivity contribution in [2.75, 3.05) is 20.2 Å². The van der Waals surface area contributed by atoms with Gasteiger partial charge in [-0.1, -0.05) is 19.1 Å². The topological polar surface area (TPSA) is 41.5 Å². The summed E-state index contributed by atoms with van der Waals surface area (Å²) in [6.07, 6.45) is -0.294. The number of methoxy groups -OCH3 is 1. The molecular weight excluding hydrogens is 209 g/mol. The lowest BCUT2D eigenvalue weighted by atomic mass is 10.1. The Morgan fingerprint density at radius 2 is 2.25 bits per heavy atom. The van der Waals surface area contributed by atoms with Crippen LogP contribution in [0.25, 0.3) is 0 Å². The van der Waals surface area contributed by atoms with Gasteiger partial charge in [0.2, 0.25) is 0 Å². The molecule has 2 N–H and O–H groups in total. The Hall–Kier alpha value is -1.13. The lowest BCUT2D eigenvalue weighted by Gasteiger charge is -2.12. The van der Waals surface area contributed by atoms with Gasteiger partial charge >= 0.3 is 0 Å². The van der Waals surface area contributed by atoms with E-state index in [2.05, 4.69) is 5.32 Å². The predicted molar refractivity (Wildman–Crippen MR) is 61.2 cm³/mol. The average Bonchev–Trinajstić information content (AvgIpc) is 2.29. The molecule has 0 saturated heterocycles. The molecule has 0 spiro atoms. The van der Waals surface area contributed by atoms with E-state index in [9.17, 15) is 9.50 Å². The van der Waals surface area contributed by atoms with Crippen molar-refractivity contribution in [1.29, 1.82) is 0 Å². The molecule has 0 aliphatic carbocycles. The molecule has 0 heterocycles. The maximum atomic E-state index is 13.7. The van der Waals surface area contributed by atoms with E-state index >= 15 is 0 Å². The van der Waals surface area contributed by atoms with E-state index in [-0.39, 0.29) is 18.0 Å². The zero-order chi connectivity index (χ0) is 12.0. The summed E-state index contributed by atoms with van der Waals surface area (Å²) >= 11 is 0. The Balaban J connectivity index is 2.66. The molecule has 0 aromatic heterocycles. The largest absolute Gasteiger partial charge is 0.494 e. The predicted octanol–water partition coefficient (Wildman–Crippen LogP) is 1.35. The summed E-state index contributed by atoms with van der Waals surface area (Å²) in [7, 11) is 1.43. The van der Waals surface area contributed by atoms with Crippen LogP contribution in [-0.4, -0.2) is 31.4 Å². The van der Waals surface area contributed by atoms with Crippen LogP contribution < -0.4 is 10.1 Å². The third-order valence-corrected chi connectivity index (χ3v) is 2.35. The summed E-state index contributed by atoms with van der Waals surface area (Å²) in [4.78, 5) is 0. The number of rotatable bonds is 6. The standard InChI is InChI=1S/C12H18FNO2/c1-3-14-8-10(15)7-9-5-4-6-11(16-2)12(9)13/h4-6,10,14-15H,3,7-8H2,1-2H3. The van der Waals surface area contributed by atoms with E-state index in [1.807, 2.05) is 6.92 Å². The second-order valence-electron chi connectivity index (χ2n) is 3.60. The van der Waals surface area contributed by atoms with Gasteiger partial charge in [-0.3, -0.25) is 0 Å². The third kappa shape index (κ3) is 3.47. The minimum absolute atomic E-state index is 0.216. The van der Waals surface area contributed by atoms with Gasteiger partial charge in [0, 0.05) is 13.0 Å². The van der Waals surface area contributed by atoms with Gasteiger partial charge in [0.05, 0.1) is 13.2 Å². The van der Waals surface area contributed by atoms with Crippen LogP contribution in [0.15, 0.2) is 18.2 Å². The Kier molecular flexibility index (Phi) is 5.22. The highest BCUT2D eigenvalue weighted by atomic mass is 19.1. The van der Waals surface area contributed by atoms with Crippen LogP contribution in [0.5, 0.6) is 5.75 Å². The van der Waals surface area contributed by atoms with E-state index in [0.717, 1.165) is 6.54 Å². The summed E-state index contributed by atoms with van der Waals surface area (Å²) in [5.41, 5.74) is 0.477. The molecule has 0 fully saturated rings. The lowest BCUT2D eigenvalue weighted by Crippen LogP contribution is -2.28. The highest BCUT2D eigenvalue weighted by Crippen LogP contribution is 2.20. The van der Waals surface area contributed by atoms with E-state index in [4.69, 9.17) is 4.74 Å². The van der Waals surface area contributed by atoms with Crippen molar-refractivity contribution in [3.8, 4) is 5.75 Å². The number of aliphatic hydroxyl groups excluding tert-OH is 1. The molecule has 0 radical (unpaired) electrons. The Bertz CT molecular complexity index is 331. The number of benzene rings is 1. The zero-order valence-electron chi connectivity index (χ0n) is 9.66. The first-order chi connectivity index (χ1) is 7.69. The van der Waals surface area contributed by atoms with Gasteiger partial charge in [0.15, 0.2) is 11.6 Å². The molecule has 1 atom stereocenters. The first-order valence-corrected chi connectivity index (χ1v) is 5.39. The maximum absolute atomic E-state index is 13.7. The maximum Gasteiger partial charge on any atom is 0.168 e. The fourth-order valence-electron chi connectivity index (χ4n) is 1.51. The minimum Gasteiger partial charge on any atom is -0.494 e. The molecule has 1 unspecified atom stereocenters. The molecule has 0 aliphatic heterocycles. The van der Waals surface area contributed by atoms with Gasteiger partial charge in [-0.2, -0.15) is 0 Å². The number of likely N-dealkylation sites (N-methyl/N-ethyl adjacent to an activating group) is 1. The van der Waals surface area contributed by atoms with Crippen LogP contribution in [0.1, 0.15) is 12.5 Å². The average molecular weight is 227 g/mol. The number of aliphatic hydroxyl groups is 1. The molecule has 90 valence electrons. The van der Waals surface area contributed by atoms with Gasteiger partial charge in [-0.05, 0) is 18.2 Å². The molecule has 1 aromatic carbocycles. The Morgan fingerprint density at radius 1 is 1.50 bits per heavy atom. The van der Waals surface area contributed by atoms with Crippen LogP contribution in [0.3, 0.4) is 0 Å². The minimum atomic E-state index is -0.582. The van der Waals surface area contributed by atoms with Crippen molar-refractivity contribution >= 4 is 0 Å². The van der Waals surface area contributed by atoms with Crippen LogP contribution in [-0.2, 0) is 6.42 Å². The van der Waals surface area contributed by atoms with Crippen molar-refractivity contribution in [2.45, 2.75) is 19.4 Å². The number of halogens is 1. The fraction of sp³-hybridized carbons (Fsp3) is 0.500.